The molecule has 3 aromatic carbocycles. The molecule has 5 rings (SSSR count). The Balaban J connectivity index is 1.55. The minimum Gasteiger partial charge on any atom is -0.435 e. The maximum atomic E-state index is 14.2. The molecule has 1 aliphatic rings. The number of halogens is 5. The van der Waals surface area contributed by atoms with Crippen LogP contribution in [0.5, 0.6) is 0 Å². The number of nitrogens with zero attached hydrogens (tertiary/aromatic N) is 3. The minimum absolute atomic E-state index is 0.00741. The second kappa shape index (κ2) is 9.96. The summed E-state index contributed by atoms with van der Waals surface area (Å²) in [5, 5.41) is 7.10. The Morgan fingerprint density at radius 1 is 1.00 bits per heavy atom. The lowest BCUT2D eigenvalue weighted by Gasteiger charge is -2.16. The number of alkyl halides is 4. The molecule has 0 fully saturated rings. The third kappa shape index (κ3) is 5.73. The molecule has 0 aliphatic carbocycles. The van der Waals surface area contributed by atoms with E-state index in [1.807, 2.05) is 18.0 Å². The summed E-state index contributed by atoms with van der Waals surface area (Å²) in [4.78, 5) is 6.20. The first kappa shape index (κ1) is 26.6. The van der Waals surface area contributed by atoms with Crippen LogP contribution in [0.2, 0.25) is 0 Å². The second-order valence-corrected chi connectivity index (χ2v) is 10.1. The smallest absolute Gasteiger partial charge is 0.420 e. The fraction of sp³-hybridized carbons (Fsp3) is 0.286. The summed E-state index contributed by atoms with van der Waals surface area (Å²) in [6.07, 6.45) is -4.68. The molecular weight excluding hydrogens is 517 g/mol. The molecule has 204 valence electrons. The van der Waals surface area contributed by atoms with Gasteiger partial charge in [-0.15, -0.1) is 0 Å². The van der Waals surface area contributed by atoms with E-state index < -0.39 is 23.2 Å². The van der Waals surface area contributed by atoms with Crippen LogP contribution in [-0.4, -0.2) is 41.6 Å². The van der Waals surface area contributed by atoms with Gasteiger partial charge in [0.25, 0.3) is 0 Å². The van der Waals surface area contributed by atoms with Gasteiger partial charge in [-0.1, -0.05) is 18.2 Å². The van der Waals surface area contributed by atoms with E-state index >= 15 is 0 Å². The highest BCUT2D eigenvalue weighted by atomic mass is 19.4. The average Bonchev–Trinajstić information content (AvgIpc) is 3.48. The summed E-state index contributed by atoms with van der Waals surface area (Å²) < 4.78 is 75.5. The summed E-state index contributed by atoms with van der Waals surface area (Å²) in [5.74, 6) is 0.142. The van der Waals surface area contributed by atoms with E-state index in [-0.39, 0.29) is 30.1 Å². The largest absolute Gasteiger partial charge is 0.435 e. The van der Waals surface area contributed by atoms with Crippen LogP contribution in [0.15, 0.2) is 64.1 Å². The van der Waals surface area contributed by atoms with Gasteiger partial charge in [0.1, 0.15) is 29.2 Å². The third-order valence-corrected chi connectivity index (χ3v) is 6.23. The van der Waals surface area contributed by atoms with Crippen LogP contribution in [0.1, 0.15) is 30.5 Å². The topological polar surface area (TPSA) is 65.7 Å². The summed E-state index contributed by atoms with van der Waals surface area (Å²) in [6.45, 7) is 3.25. The molecule has 0 saturated heterocycles. The molecular formula is C28H26F5N5O. The third-order valence-electron chi connectivity index (χ3n) is 6.23. The van der Waals surface area contributed by atoms with Gasteiger partial charge in [-0.25, -0.2) is 13.8 Å². The maximum Gasteiger partial charge on any atom is 0.420 e. The minimum atomic E-state index is -4.68. The van der Waals surface area contributed by atoms with E-state index in [4.69, 9.17) is 4.42 Å². The summed E-state index contributed by atoms with van der Waals surface area (Å²) >= 11 is 0. The number of aromatic nitrogens is 1. The lowest BCUT2D eigenvalue weighted by molar-refractivity contribution is -0.136. The molecule has 0 radical (unpaired) electrons. The van der Waals surface area contributed by atoms with Gasteiger partial charge in [0.05, 0.1) is 0 Å². The van der Waals surface area contributed by atoms with E-state index in [9.17, 15) is 22.0 Å². The number of oxazole rings is 1. The van der Waals surface area contributed by atoms with Crippen LogP contribution in [-0.2, 0) is 12.7 Å². The first-order valence-electron chi connectivity index (χ1n) is 12.2. The molecule has 2 N–H and O–H groups in total. The number of benzene rings is 3. The zero-order valence-electron chi connectivity index (χ0n) is 21.5. The Kier molecular flexibility index (Phi) is 6.79. The van der Waals surface area contributed by atoms with E-state index in [1.54, 1.807) is 24.3 Å². The highest BCUT2D eigenvalue weighted by molar-refractivity contribution is 6.05. The average molecular weight is 544 g/mol. The van der Waals surface area contributed by atoms with Crippen molar-refractivity contribution >= 4 is 16.9 Å². The van der Waals surface area contributed by atoms with Gasteiger partial charge in [-0.05, 0) is 66.9 Å². The molecule has 0 unspecified atom stereocenters. The fourth-order valence-electron chi connectivity index (χ4n) is 4.45. The van der Waals surface area contributed by atoms with Gasteiger partial charge in [0.15, 0.2) is 11.4 Å². The summed E-state index contributed by atoms with van der Waals surface area (Å²) in [5.41, 5.74) is 2.74. The van der Waals surface area contributed by atoms with Crippen molar-refractivity contribution in [1.82, 2.24) is 20.6 Å². The molecule has 39 heavy (non-hydrogen) atoms. The summed E-state index contributed by atoms with van der Waals surface area (Å²) in [7, 11) is 1.82. The zero-order chi connectivity index (χ0) is 27.9. The molecule has 4 aromatic rings. The van der Waals surface area contributed by atoms with E-state index in [1.165, 1.54) is 32.0 Å². The predicted molar refractivity (Wildman–Crippen MR) is 139 cm³/mol. The van der Waals surface area contributed by atoms with Gasteiger partial charge < -0.3 is 14.6 Å². The van der Waals surface area contributed by atoms with Gasteiger partial charge in [0, 0.05) is 31.3 Å². The molecule has 11 heteroatoms. The Morgan fingerprint density at radius 3 is 2.46 bits per heavy atom. The molecule has 0 spiro atoms. The van der Waals surface area contributed by atoms with E-state index in [2.05, 4.69) is 20.8 Å². The second-order valence-electron chi connectivity index (χ2n) is 10.1. The van der Waals surface area contributed by atoms with Crippen LogP contribution >= 0.6 is 0 Å². The molecule has 1 aliphatic heterocycles. The number of rotatable bonds is 7. The number of amidine groups is 1. The number of hydrogen-bond acceptors (Lipinski definition) is 6. The lowest BCUT2D eigenvalue weighted by atomic mass is 9.97. The van der Waals surface area contributed by atoms with Crippen molar-refractivity contribution < 1.29 is 26.4 Å². The van der Waals surface area contributed by atoms with Gasteiger partial charge in [0.2, 0.25) is 5.89 Å². The number of hydrogen-bond donors (Lipinski definition) is 2. The standard InChI is InChI=1S/C28H26F5N5O/c1-27(2,30)14-34-13-16-9-22(28(31,32)33)24-23(10-16)36-26(39-24)18-6-4-5-17(11-18)20-8-7-19(29)12-21(20)25-37-35-15-38(25)3/h4-12,34-35H,13-15H2,1-3H3. The van der Waals surface area contributed by atoms with Crippen molar-refractivity contribution in [2.24, 2.45) is 5.10 Å². The van der Waals surface area contributed by atoms with Crippen molar-refractivity contribution in [3.8, 4) is 22.6 Å². The van der Waals surface area contributed by atoms with Crippen LogP contribution < -0.4 is 10.7 Å². The van der Waals surface area contributed by atoms with Gasteiger partial charge in [-0.2, -0.15) is 18.3 Å². The van der Waals surface area contributed by atoms with Crippen molar-refractivity contribution in [3.05, 3.63) is 77.1 Å². The lowest BCUT2D eigenvalue weighted by Crippen LogP contribution is -2.30. The highest BCUT2D eigenvalue weighted by Gasteiger charge is 2.35. The molecule has 0 atom stereocenters. The number of fused-ring (bicyclic) bond motifs is 1. The SMILES string of the molecule is CN1CNN=C1c1cc(F)ccc1-c1cccc(-c2nc3cc(CNCC(C)(C)F)cc(C(F)(F)F)c3o2)c1. The predicted octanol–water partition coefficient (Wildman–Crippen LogP) is 6.31. The van der Waals surface area contributed by atoms with Crippen molar-refractivity contribution in [1.29, 1.82) is 0 Å². The molecule has 2 heterocycles. The van der Waals surface area contributed by atoms with Crippen LogP contribution in [0.25, 0.3) is 33.7 Å². The molecule has 6 nitrogen and oxygen atoms in total. The normalized spacial score (nSPS) is 14.2. The van der Waals surface area contributed by atoms with Gasteiger partial charge in [-0.3, -0.25) is 5.43 Å². The fourth-order valence-corrected chi connectivity index (χ4v) is 4.45. The van der Waals surface area contributed by atoms with E-state index in [0.29, 0.717) is 40.3 Å². The number of hydrazone groups is 1. The highest BCUT2D eigenvalue weighted by Crippen LogP contribution is 2.38. The Morgan fingerprint density at radius 2 is 1.77 bits per heavy atom. The Hall–Kier alpha value is -3.99. The molecule has 0 amide bonds. The molecule has 1 aromatic heterocycles. The van der Waals surface area contributed by atoms with Crippen molar-refractivity contribution in [3.63, 3.8) is 0 Å². The van der Waals surface area contributed by atoms with Gasteiger partial charge >= 0.3 is 6.18 Å². The van der Waals surface area contributed by atoms with Crippen molar-refractivity contribution in [2.75, 3.05) is 20.3 Å². The maximum absolute atomic E-state index is 14.2. The molecule has 0 saturated carbocycles. The van der Waals surface area contributed by atoms with Crippen LogP contribution in [0.4, 0.5) is 22.0 Å². The number of nitrogens with one attached hydrogen (secondary N) is 2. The Labute approximate surface area is 221 Å². The Bertz CT molecular complexity index is 1550. The first-order valence-corrected chi connectivity index (χ1v) is 12.2. The van der Waals surface area contributed by atoms with Crippen LogP contribution in [0, 0.1) is 5.82 Å². The molecule has 0 bridgehead atoms. The zero-order valence-corrected chi connectivity index (χ0v) is 21.5. The summed E-state index contributed by atoms with van der Waals surface area (Å²) in [6, 6.07) is 13.8. The van der Waals surface area contributed by atoms with Crippen LogP contribution in [0.3, 0.4) is 0 Å². The quantitative estimate of drug-likeness (QED) is 0.268. The first-order chi connectivity index (χ1) is 18.4. The monoisotopic (exact) mass is 543 g/mol. The van der Waals surface area contributed by atoms with Crippen molar-refractivity contribution in [2.45, 2.75) is 32.2 Å². The van der Waals surface area contributed by atoms with E-state index in [0.717, 1.165) is 6.07 Å².